The van der Waals surface area contributed by atoms with E-state index < -0.39 is 0 Å². The molecule has 0 aliphatic carbocycles. The van der Waals surface area contributed by atoms with E-state index in [9.17, 15) is 4.79 Å². The van der Waals surface area contributed by atoms with Gasteiger partial charge in [-0.05, 0) is 37.0 Å². The number of hydrogen-bond donors (Lipinski definition) is 1. The normalized spacial score (nSPS) is 17.4. The molecule has 1 amide bonds. The van der Waals surface area contributed by atoms with Crippen molar-refractivity contribution in [1.29, 1.82) is 0 Å². The number of carbonyl (C=O) groups is 1. The van der Waals surface area contributed by atoms with Crippen LogP contribution in [0.1, 0.15) is 50.6 Å². The first kappa shape index (κ1) is 15.8. The second kappa shape index (κ2) is 8.03. The van der Waals surface area contributed by atoms with Crippen LogP contribution >= 0.6 is 0 Å². The quantitative estimate of drug-likeness (QED) is 0.876. The highest BCUT2D eigenvalue weighted by atomic mass is 16.5. The molecular formula is C17H26N2O2. The minimum Gasteiger partial charge on any atom is -0.494 e. The number of rotatable bonds is 6. The number of ether oxygens (including phenoxy) is 1. The number of nitrogens with zero attached hydrogens (tertiary/aromatic N) is 1. The molecular weight excluding hydrogens is 264 g/mol. The average molecular weight is 290 g/mol. The molecule has 1 heterocycles. The molecule has 116 valence electrons. The fourth-order valence-electron chi connectivity index (χ4n) is 2.61. The lowest BCUT2D eigenvalue weighted by molar-refractivity contribution is -0.130. The Bertz CT molecular complexity index is 445. The summed E-state index contributed by atoms with van der Waals surface area (Å²) in [5.74, 6) is 1.12. The van der Waals surface area contributed by atoms with Crippen LogP contribution in [0.15, 0.2) is 24.3 Å². The summed E-state index contributed by atoms with van der Waals surface area (Å²) in [6.45, 7) is 4.26. The van der Waals surface area contributed by atoms with Crippen LogP contribution in [0.5, 0.6) is 5.75 Å². The molecule has 2 N–H and O–H groups in total. The molecule has 1 aromatic rings. The highest BCUT2D eigenvalue weighted by molar-refractivity contribution is 5.76. The van der Waals surface area contributed by atoms with Crippen molar-refractivity contribution < 1.29 is 9.53 Å². The summed E-state index contributed by atoms with van der Waals surface area (Å²) in [7, 11) is 0. The average Bonchev–Trinajstić information content (AvgIpc) is 2.70. The number of amides is 1. The lowest BCUT2D eigenvalue weighted by Crippen LogP contribution is -2.36. The second-order valence-electron chi connectivity index (χ2n) is 5.67. The molecule has 1 aromatic carbocycles. The predicted octanol–water partition coefficient (Wildman–Crippen LogP) is 2.88. The summed E-state index contributed by atoms with van der Waals surface area (Å²) in [5, 5.41) is 0. The van der Waals surface area contributed by atoms with Crippen molar-refractivity contribution in [3.05, 3.63) is 29.8 Å². The van der Waals surface area contributed by atoms with Crippen LogP contribution in [0.3, 0.4) is 0 Å². The van der Waals surface area contributed by atoms with Gasteiger partial charge in [0.25, 0.3) is 0 Å². The lowest BCUT2D eigenvalue weighted by atomic mass is 10.1. The van der Waals surface area contributed by atoms with Gasteiger partial charge in [0.2, 0.25) is 5.91 Å². The second-order valence-corrected chi connectivity index (χ2v) is 5.67. The monoisotopic (exact) mass is 290 g/mol. The molecule has 1 atom stereocenters. The first-order valence-electron chi connectivity index (χ1n) is 7.97. The highest BCUT2D eigenvalue weighted by Gasteiger charge is 2.19. The summed E-state index contributed by atoms with van der Waals surface area (Å²) in [4.78, 5) is 13.9. The SMILES string of the molecule is CCCOc1ccc(C(N)CN2CCCCCC2=O)cc1. The van der Waals surface area contributed by atoms with Gasteiger partial charge < -0.3 is 15.4 Å². The van der Waals surface area contributed by atoms with Crippen molar-refractivity contribution in [2.75, 3.05) is 19.7 Å². The van der Waals surface area contributed by atoms with Gasteiger partial charge in [-0.1, -0.05) is 25.5 Å². The van der Waals surface area contributed by atoms with Crippen molar-refractivity contribution in [3.63, 3.8) is 0 Å². The Morgan fingerprint density at radius 2 is 2.00 bits per heavy atom. The molecule has 4 nitrogen and oxygen atoms in total. The molecule has 4 heteroatoms. The first-order chi connectivity index (χ1) is 10.2. The Labute approximate surface area is 127 Å². The van der Waals surface area contributed by atoms with Crippen LogP contribution in [0.25, 0.3) is 0 Å². The molecule has 0 bridgehead atoms. The fraction of sp³-hybridized carbons (Fsp3) is 0.588. The summed E-state index contributed by atoms with van der Waals surface area (Å²) >= 11 is 0. The van der Waals surface area contributed by atoms with Gasteiger partial charge >= 0.3 is 0 Å². The summed E-state index contributed by atoms with van der Waals surface area (Å²) in [6, 6.07) is 7.77. The number of nitrogens with two attached hydrogens (primary N) is 1. The Kier molecular flexibility index (Phi) is 6.05. The van der Waals surface area contributed by atoms with Gasteiger partial charge in [-0.25, -0.2) is 0 Å². The van der Waals surface area contributed by atoms with Gasteiger partial charge in [-0.2, -0.15) is 0 Å². The Balaban J connectivity index is 1.92. The van der Waals surface area contributed by atoms with Crippen LogP contribution in [0.4, 0.5) is 0 Å². The zero-order valence-corrected chi connectivity index (χ0v) is 12.9. The van der Waals surface area contributed by atoms with Crippen molar-refractivity contribution in [3.8, 4) is 5.75 Å². The van der Waals surface area contributed by atoms with E-state index in [1.165, 1.54) is 0 Å². The molecule has 1 fully saturated rings. The van der Waals surface area contributed by atoms with Crippen LogP contribution in [-0.2, 0) is 4.79 Å². The van der Waals surface area contributed by atoms with Gasteiger partial charge in [-0.3, -0.25) is 4.79 Å². The summed E-state index contributed by atoms with van der Waals surface area (Å²) in [6.07, 6.45) is 4.89. The minimum absolute atomic E-state index is 0.132. The van der Waals surface area contributed by atoms with E-state index in [-0.39, 0.29) is 11.9 Å². The Morgan fingerprint density at radius 1 is 1.24 bits per heavy atom. The molecule has 1 aliphatic rings. The van der Waals surface area contributed by atoms with Crippen molar-refractivity contribution in [2.24, 2.45) is 5.73 Å². The van der Waals surface area contributed by atoms with Crippen molar-refractivity contribution >= 4 is 5.91 Å². The smallest absolute Gasteiger partial charge is 0.222 e. The van der Waals surface area contributed by atoms with Crippen LogP contribution in [0.2, 0.25) is 0 Å². The Morgan fingerprint density at radius 3 is 2.71 bits per heavy atom. The van der Waals surface area contributed by atoms with Crippen LogP contribution in [-0.4, -0.2) is 30.5 Å². The third-order valence-electron chi connectivity index (χ3n) is 3.87. The summed E-state index contributed by atoms with van der Waals surface area (Å²) < 4.78 is 5.57. The molecule has 0 aromatic heterocycles. The maximum atomic E-state index is 12.0. The first-order valence-corrected chi connectivity index (χ1v) is 7.97. The minimum atomic E-state index is -0.132. The molecule has 2 rings (SSSR count). The fourth-order valence-corrected chi connectivity index (χ4v) is 2.61. The van der Waals surface area contributed by atoms with E-state index in [1.54, 1.807) is 0 Å². The van der Waals surface area contributed by atoms with Crippen LogP contribution in [0, 0.1) is 0 Å². The van der Waals surface area contributed by atoms with Gasteiger partial charge in [0, 0.05) is 25.6 Å². The van der Waals surface area contributed by atoms with Gasteiger partial charge in [0.15, 0.2) is 0 Å². The van der Waals surface area contributed by atoms with E-state index in [4.69, 9.17) is 10.5 Å². The van der Waals surface area contributed by atoms with Gasteiger partial charge in [0.1, 0.15) is 5.75 Å². The van der Waals surface area contributed by atoms with E-state index in [0.717, 1.165) is 50.1 Å². The number of carbonyl (C=O) groups excluding carboxylic acids is 1. The maximum absolute atomic E-state index is 12.0. The number of hydrogen-bond acceptors (Lipinski definition) is 3. The van der Waals surface area contributed by atoms with Crippen LogP contribution < -0.4 is 10.5 Å². The zero-order chi connectivity index (χ0) is 15.1. The van der Waals surface area contributed by atoms with Gasteiger partial charge in [-0.15, -0.1) is 0 Å². The molecule has 1 aliphatic heterocycles. The molecule has 0 spiro atoms. The number of likely N-dealkylation sites (tertiary alicyclic amines) is 1. The van der Waals surface area contributed by atoms with E-state index in [2.05, 4.69) is 6.92 Å². The number of benzene rings is 1. The molecule has 1 saturated heterocycles. The summed E-state index contributed by atoms with van der Waals surface area (Å²) in [5.41, 5.74) is 7.31. The van der Waals surface area contributed by atoms with E-state index >= 15 is 0 Å². The van der Waals surface area contributed by atoms with Crippen molar-refractivity contribution in [2.45, 2.75) is 45.1 Å². The Hall–Kier alpha value is -1.55. The largest absolute Gasteiger partial charge is 0.494 e. The standard InChI is InChI=1S/C17H26N2O2/c1-2-12-21-15-9-7-14(8-10-15)16(18)13-19-11-5-3-4-6-17(19)20/h7-10,16H,2-6,11-13,18H2,1H3. The third-order valence-corrected chi connectivity index (χ3v) is 3.87. The maximum Gasteiger partial charge on any atom is 0.222 e. The highest BCUT2D eigenvalue weighted by Crippen LogP contribution is 2.19. The predicted molar refractivity (Wildman–Crippen MR) is 84.2 cm³/mol. The molecule has 0 saturated carbocycles. The van der Waals surface area contributed by atoms with Crippen molar-refractivity contribution in [1.82, 2.24) is 4.90 Å². The molecule has 1 unspecified atom stereocenters. The topological polar surface area (TPSA) is 55.6 Å². The molecule has 21 heavy (non-hydrogen) atoms. The van der Waals surface area contributed by atoms with E-state index in [0.29, 0.717) is 13.0 Å². The molecule has 0 radical (unpaired) electrons. The lowest BCUT2D eigenvalue weighted by Gasteiger charge is -2.24. The van der Waals surface area contributed by atoms with E-state index in [1.807, 2.05) is 29.2 Å². The van der Waals surface area contributed by atoms with Gasteiger partial charge in [0.05, 0.1) is 6.61 Å². The third kappa shape index (κ3) is 4.74. The zero-order valence-electron chi connectivity index (χ0n) is 12.9.